The van der Waals surface area contributed by atoms with Crippen molar-refractivity contribution in [1.82, 2.24) is 14.9 Å². The molecule has 0 aliphatic carbocycles. The van der Waals surface area contributed by atoms with Crippen molar-refractivity contribution >= 4 is 5.91 Å². The third kappa shape index (κ3) is 5.14. The first-order chi connectivity index (χ1) is 16.9. The molecule has 1 aromatic heterocycles. The molecule has 1 heterocycles. The van der Waals surface area contributed by atoms with Gasteiger partial charge in [-0.2, -0.15) is 0 Å². The lowest BCUT2D eigenvalue weighted by Crippen LogP contribution is -2.29. The second-order valence-corrected chi connectivity index (χ2v) is 8.99. The van der Waals surface area contributed by atoms with Gasteiger partial charge in [-0.05, 0) is 43.0 Å². The van der Waals surface area contributed by atoms with Gasteiger partial charge in [0.1, 0.15) is 23.0 Å². The van der Waals surface area contributed by atoms with Crippen LogP contribution in [0, 0.1) is 0 Å². The third-order valence-electron chi connectivity index (χ3n) is 6.35. The van der Waals surface area contributed by atoms with Crippen LogP contribution < -0.4 is 10.1 Å². The second-order valence-electron chi connectivity index (χ2n) is 8.99. The Labute approximate surface area is 207 Å². The minimum absolute atomic E-state index is 0.146. The molecule has 0 aliphatic rings. The maximum absolute atomic E-state index is 13.7. The van der Waals surface area contributed by atoms with Crippen LogP contribution in [0.3, 0.4) is 0 Å². The fourth-order valence-corrected chi connectivity index (χ4v) is 4.27. The SMILES string of the molecule is CCn1c(-c2ccccc2)nc(-c2ccc(C(C)C)cc2)c1C(=O)N[C@H](C)c1ccc(OC)cc1. The Hall–Kier alpha value is -3.86. The van der Waals surface area contributed by atoms with Crippen LogP contribution >= 0.6 is 0 Å². The number of rotatable bonds is 8. The molecule has 5 nitrogen and oxygen atoms in total. The second kappa shape index (κ2) is 10.6. The van der Waals surface area contributed by atoms with Crippen molar-refractivity contribution in [1.29, 1.82) is 0 Å². The first-order valence-electron chi connectivity index (χ1n) is 12.1. The summed E-state index contributed by atoms with van der Waals surface area (Å²) < 4.78 is 7.27. The van der Waals surface area contributed by atoms with Crippen molar-refractivity contribution < 1.29 is 9.53 Å². The Morgan fingerprint density at radius 3 is 2.09 bits per heavy atom. The molecule has 0 saturated heterocycles. The summed E-state index contributed by atoms with van der Waals surface area (Å²) in [6, 6.07) is 26.0. The van der Waals surface area contributed by atoms with E-state index in [1.807, 2.05) is 73.0 Å². The summed E-state index contributed by atoms with van der Waals surface area (Å²) in [5, 5.41) is 3.19. The van der Waals surface area contributed by atoms with Crippen LogP contribution in [0.5, 0.6) is 5.75 Å². The van der Waals surface area contributed by atoms with Gasteiger partial charge in [0.05, 0.1) is 13.2 Å². The number of hydrogen-bond acceptors (Lipinski definition) is 3. The standard InChI is InChI=1S/C30H33N3O2/c1-6-33-28(30(34)31-21(4)23-16-18-26(35-5)19-17-23)27(24-14-12-22(13-15-24)20(2)3)32-29(33)25-10-8-7-9-11-25/h7-21H,6H2,1-5H3,(H,31,34)/t21-/m1/s1. The van der Waals surface area contributed by atoms with Crippen LogP contribution in [0.1, 0.15) is 61.3 Å². The molecule has 0 aliphatic heterocycles. The van der Waals surface area contributed by atoms with Gasteiger partial charge in [-0.25, -0.2) is 4.98 Å². The minimum Gasteiger partial charge on any atom is -0.497 e. The molecule has 4 aromatic rings. The lowest BCUT2D eigenvalue weighted by molar-refractivity contribution is 0.0931. The fourth-order valence-electron chi connectivity index (χ4n) is 4.27. The summed E-state index contributed by atoms with van der Waals surface area (Å²) in [6.07, 6.45) is 0. The van der Waals surface area contributed by atoms with Crippen LogP contribution in [0.2, 0.25) is 0 Å². The summed E-state index contributed by atoms with van der Waals surface area (Å²) in [5.74, 6) is 1.87. The Balaban J connectivity index is 1.77. The average Bonchev–Trinajstić information content (AvgIpc) is 3.29. The summed E-state index contributed by atoms with van der Waals surface area (Å²) >= 11 is 0. The Kier molecular flexibility index (Phi) is 7.35. The zero-order chi connectivity index (χ0) is 24.9. The third-order valence-corrected chi connectivity index (χ3v) is 6.35. The van der Waals surface area contributed by atoms with Crippen LogP contribution in [0.25, 0.3) is 22.6 Å². The van der Waals surface area contributed by atoms with Crippen molar-refractivity contribution in [3.8, 4) is 28.4 Å². The van der Waals surface area contributed by atoms with E-state index < -0.39 is 0 Å². The molecule has 0 spiro atoms. The number of methoxy groups -OCH3 is 1. The van der Waals surface area contributed by atoms with E-state index >= 15 is 0 Å². The molecule has 4 rings (SSSR count). The Morgan fingerprint density at radius 2 is 1.51 bits per heavy atom. The predicted molar refractivity (Wildman–Crippen MR) is 142 cm³/mol. The number of benzene rings is 3. The molecule has 1 atom stereocenters. The van der Waals surface area contributed by atoms with E-state index in [1.54, 1.807) is 7.11 Å². The molecule has 0 unspecified atom stereocenters. The van der Waals surface area contributed by atoms with Crippen LogP contribution in [-0.4, -0.2) is 22.6 Å². The van der Waals surface area contributed by atoms with Gasteiger partial charge in [-0.15, -0.1) is 0 Å². The molecule has 3 aromatic carbocycles. The molecule has 0 saturated carbocycles. The van der Waals surface area contributed by atoms with Crippen molar-refractivity contribution in [2.45, 2.75) is 46.2 Å². The number of ether oxygens (including phenoxy) is 1. The van der Waals surface area contributed by atoms with E-state index in [9.17, 15) is 4.79 Å². The predicted octanol–water partition coefficient (Wildman–Crippen LogP) is 6.86. The summed E-state index contributed by atoms with van der Waals surface area (Å²) in [4.78, 5) is 18.8. The molecule has 180 valence electrons. The average molecular weight is 468 g/mol. The van der Waals surface area contributed by atoms with Gasteiger partial charge in [0, 0.05) is 17.7 Å². The molecular weight excluding hydrogens is 434 g/mol. The largest absolute Gasteiger partial charge is 0.497 e. The number of carbonyl (C=O) groups is 1. The number of nitrogens with zero attached hydrogens (tertiary/aromatic N) is 2. The van der Waals surface area contributed by atoms with Crippen LogP contribution in [0.4, 0.5) is 0 Å². The smallest absolute Gasteiger partial charge is 0.270 e. The highest BCUT2D eigenvalue weighted by atomic mass is 16.5. The van der Waals surface area contributed by atoms with Gasteiger partial charge in [-0.3, -0.25) is 4.79 Å². The van der Waals surface area contributed by atoms with E-state index in [0.717, 1.165) is 28.3 Å². The van der Waals surface area contributed by atoms with Crippen molar-refractivity contribution in [3.05, 3.63) is 95.7 Å². The zero-order valence-electron chi connectivity index (χ0n) is 21.1. The van der Waals surface area contributed by atoms with E-state index in [4.69, 9.17) is 9.72 Å². The topological polar surface area (TPSA) is 56.2 Å². The molecular formula is C30H33N3O2. The zero-order valence-corrected chi connectivity index (χ0v) is 21.1. The Bertz CT molecular complexity index is 1270. The molecule has 1 amide bonds. The lowest BCUT2D eigenvalue weighted by atomic mass is 10.00. The minimum atomic E-state index is -0.176. The monoisotopic (exact) mass is 467 g/mol. The quantitative estimate of drug-likeness (QED) is 0.308. The highest BCUT2D eigenvalue weighted by Crippen LogP contribution is 2.31. The number of amides is 1. The van der Waals surface area contributed by atoms with E-state index in [-0.39, 0.29) is 11.9 Å². The summed E-state index contributed by atoms with van der Waals surface area (Å²) in [6.45, 7) is 9.01. The molecule has 0 radical (unpaired) electrons. The van der Waals surface area contributed by atoms with Crippen molar-refractivity contribution in [3.63, 3.8) is 0 Å². The van der Waals surface area contributed by atoms with Gasteiger partial charge in [0.15, 0.2) is 0 Å². The van der Waals surface area contributed by atoms with Gasteiger partial charge < -0.3 is 14.6 Å². The Morgan fingerprint density at radius 1 is 0.886 bits per heavy atom. The summed E-state index contributed by atoms with van der Waals surface area (Å²) in [5.41, 5.74) is 5.45. The van der Waals surface area contributed by atoms with E-state index in [1.165, 1.54) is 5.56 Å². The van der Waals surface area contributed by atoms with Crippen LogP contribution in [-0.2, 0) is 6.54 Å². The van der Waals surface area contributed by atoms with Gasteiger partial charge in [-0.1, -0.05) is 80.6 Å². The lowest BCUT2D eigenvalue weighted by Gasteiger charge is -2.17. The highest BCUT2D eigenvalue weighted by Gasteiger charge is 2.25. The number of hydrogen-bond donors (Lipinski definition) is 1. The first kappa shape index (κ1) is 24.3. The molecule has 0 bridgehead atoms. The maximum atomic E-state index is 13.7. The van der Waals surface area contributed by atoms with Gasteiger partial charge in [0.25, 0.3) is 5.91 Å². The molecule has 5 heteroatoms. The summed E-state index contributed by atoms with van der Waals surface area (Å²) in [7, 11) is 1.64. The fraction of sp³-hybridized carbons (Fsp3) is 0.267. The van der Waals surface area contributed by atoms with Gasteiger partial charge >= 0.3 is 0 Å². The number of nitrogens with one attached hydrogen (secondary N) is 1. The normalized spacial score (nSPS) is 11.9. The van der Waals surface area contributed by atoms with Crippen molar-refractivity contribution in [2.24, 2.45) is 0 Å². The first-order valence-corrected chi connectivity index (χ1v) is 12.1. The van der Waals surface area contributed by atoms with E-state index in [0.29, 0.717) is 23.9 Å². The van der Waals surface area contributed by atoms with Crippen LogP contribution in [0.15, 0.2) is 78.9 Å². The number of imidazole rings is 1. The maximum Gasteiger partial charge on any atom is 0.270 e. The molecule has 1 N–H and O–H groups in total. The number of carbonyl (C=O) groups excluding carboxylic acids is 1. The van der Waals surface area contributed by atoms with Gasteiger partial charge in [0.2, 0.25) is 0 Å². The molecule has 35 heavy (non-hydrogen) atoms. The van der Waals surface area contributed by atoms with E-state index in [2.05, 4.69) is 43.4 Å². The molecule has 0 fully saturated rings. The van der Waals surface area contributed by atoms with Crippen molar-refractivity contribution in [2.75, 3.05) is 7.11 Å². The number of aromatic nitrogens is 2. The highest BCUT2D eigenvalue weighted by molar-refractivity contribution is 5.99.